The minimum absolute atomic E-state index is 0.0229. The zero-order chi connectivity index (χ0) is 14.3. The van der Waals surface area contributed by atoms with Crippen LogP contribution in [0.4, 0.5) is 5.69 Å². The molecule has 0 spiro atoms. The van der Waals surface area contributed by atoms with Crippen molar-refractivity contribution in [2.45, 2.75) is 38.6 Å². The molecule has 2 amide bonds. The van der Waals surface area contributed by atoms with Crippen molar-refractivity contribution in [3.05, 3.63) is 29.8 Å². The molecule has 1 atom stereocenters. The van der Waals surface area contributed by atoms with Gasteiger partial charge in [-0.2, -0.15) is 0 Å². The molecule has 2 fully saturated rings. The average Bonchev–Trinajstić information content (AvgIpc) is 3.24. The lowest BCUT2D eigenvalue weighted by atomic mass is 9.94. The Morgan fingerprint density at radius 2 is 1.85 bits per heavy atom. The highest BCUT2D eigenvalue weighted by atomic mass is 16.2. The number of nitrogens with zero attached hydrogens (tertiary/aromatic N) is 1. The van der Waals surface area contributed by atoms with E-state index in [4.69, 9.17) is 0 Å². The molecule has 3 rings (SSSR count). The minimum atomic E-state index is -0.738. The first kappa shape index (κ1) is 13.2. The Morgan fingerprint density at radius 3 is 2.45 bits per heavy atom. The van der Waals surface area contributed by atoms with Gasteiger partial charge in [0.1, 0.15) is 5.54 Å². The van der Waals surface area contributed by atoms with E-state index in [2.05, 4.69) is 5.32 Å². The number of amides is 2. The Morgan fingerprint density at radius 1 is 1.20 bits per heavy atom. The van der Waals surface area contributed by atoms with Crippen LogP contribution in [0.1, 0.15) is 31.7 Å². The number of anilines is 1. The first-order chi connectivity index (χ1) is 9.50. The Labute approximate surface area is 119 Å². The Kier molecular flexibility index (Phi) is 3.04. The normalized spacial score (nSPS) is 27.2. The summed E-state index contributed by atoms with van der Waals surface area (Å²) in [5.41, 5.74) is 1.30. The lowest BCUT2D eigenvalue weighted by Crippen LogP contribution is -2.56. The predicted molar refractivity (Wildman–Crippen MR) is 77.4 cm³/mol. The van der Waals surface area contributed by atoms with Gasteiger partial charge in [-0.25, -0.2) is 0 Å². The molecule has 20 heavy (non-hydrogen) atoms. The van der Waals surface area contributed by atoms with Crippen LogP contribution >= 0.6 is 0 Å². The number of aryl methyl sites for hydroxylation is 1. The molecule has 1 unspecified atom stereocenters. The van der Waals surface area contributed by atoms with E-state index in [0.29, 0.717) is 13.0 Å². The number of rotatable bonds is 2. The second-order valence-electron chi connectivity index (χ2n) is 6.07. The molecule has 1 N–H and O–H groups in total. The molecule has 1 aliphatic carbocycles. The largest absolute Gasteiger partial charge is 0.342 e. The van der Waals surface area contributed by atoms with Crippen molar-refractivity contribution in [1.29, 1.82) is 0 Å². The van der Waals surface area contributed by atoms with Crippen molar-refractivity contribution >= 4 is 17.5 Å². The maximum Gasteiger partial charge on any atom is 0.252 e. The summed E-state index contributed by atoms with van der Waals surface area (Å²) in [4.78, 5) is 26.6. The molecule has 1 saturated heterocycles. The molecule has 1 heterocycles. The van der Waals surface area contributed by atoms with Crippen LogP contribution < -0.4 is 10.2 Å². The first-order valence-corrected chi connectivity index (χ1v) is 7.20. The van der Waals surface area contributed by atoms with Gasteiger partial charge in [-0.1, -0.05) is 17.7 Å². The van der Waals surface area contributed by atoms with E-state index in [0.717, 1.165) is 24.1 Å². The molecule has 0 aromatic heterocycles. The lowest BCUT2D eigenvalue weighted by Gasteiger charge is -2.32. The summed E-state index contributed by atoms with van der Waals surface area (Å²) in [5.74, 6) is 0.280. The van der Waals surface area contributed by atoms with E-state index >= 15 is 0 Å². The summed E-state index contributed by atoms with van der Waals surface area (Å²) >= 11 is 0. The van der Waals surface area contributed by atoms with E-state index in [-0.39, 0.29) is 17.7 Å². The number of benzene rings is 1. The summed E-state index contributed by atoms with van der Waals surface area (Å²) in [6.07, 6.45) is 2.40. The van der Waals surface area contributed by atoms with E-state index in [9.17, 15) is 9.59 Å². The van der Waals surface area contributed by atoms with Crippen LogP contribution in [0, 0.1) is 12.8 Å². The third-order valence-corrected chi connectivity index (χ3v) is 4.39. The van der Waals surface area contributed by atoms with Gasteiger partial charge >= 0.3 is 0 Å². The van der Waals surface area contributed by atoms with Gasteiger partial charge in [-0.3, -0.25) is 9.59 Å². The molecule has 1 aliphatic heterocycles. The molecular weight excluding hydrogens is 252 g/mol. The van der Waals surface area contributed by atoms with Crippen molar-refractivity contribution in [1.82, 2.24) is 5.32 Å². The van der Waals surface area contributed by atoms with Gasteiger partial charge in [0, 0.05) is 18.7 Å². The standard InChI is InChI=1S/C16H20N2O2/c1-11-3-7-13(8-4-11)18-10-9-14(19)17-16(2,15(18)20)12-5-6-12/h3-4,7-8,12H,5-6,9-10H2,1-2H3,(H,17,19). The minimum Gasteiger partial charge on any atom is -0.342 e. The predicted octanol–water partition coefficient (Wildman–Crippen LogP) is 2.02. The number of hydrogen-bond donors (Lipinski definition) is 1. The van der Waals surface area contributed by atoms with Crippen LogP contribution in [0.5, 0.6) is 0 Å². The molecule has 1 saturated carbocycles. The zero-order valence-electron chi connectivity index (χ0n) is 12.0. The third kappa shape index (κ3) is 2.19. The second-order valence-corrected chi connectivity index (χ2v) is 6.07. The molecule has 4 heteroatoms. The Bertz CT molecular complexity index is 548. The van der Waals surface area contributed by atoms with Crippen molar-refractivity contribution in [3.8, 4) is 0 Å². The van der Waals surface area contributed by atoms with Crippen LogP contribution in [-0.4, -0.2) is 23.9 Å². The highest BCUT2D eigenvalue weighted by Crippen LogP contribution is 2.41. The topological polar surface area (TPSA) is 49.4 Å². The summed E-state index contributed by atoms with van der Waals surface area (Å²) in [6.45, 7) is 4.35. The highest BCUT2D eigenvalue weighted by molar-refractivity contribution is 6.04. The van der Waals surface area contributed by atoms with Gasteiger partial charge in [0.15, 0.2) is 0 Å². The Balaban J connectivity index is 1.95. The van der Waals surface area contributed by atoms with Gasteiger partial charge < -0.3 is 10.2 Å². The highest BCUT2D eigenvalue weighted by Gasteiger charge is 2.51. The number of nitrogens with one attached hydrogen (secondary N) is 1. The fourth-order valence-electron chi connectivity index (χ4n) is 2.91. The number of carbonyl (C=O) groups excluding carboxylic acids is 2. The van der Waals surface area contributed by atoms with E-state index in [1.165, 1.54) is 0 Å². The van der Waals surface area contributed by atoms with Gasteiger partial charge in [-0.15, -0.1) is 0 Å². The quantitative estimate of drug-likeness (QED) is 0.895. The maximum atomic E-state index is 12.9. The van der Waals surface area contributed by atoms with Crippen LogP contribution in [-0.2, 0) is 9.59 Å². The summed E-state index contributed by atoms with van der Waals surface area (Å²) in [7, 11) is 0. The molecule has 2 aliphatic rings. The van der Waals surface area contributed by atoms with Crippen molar-refractivity contribution in [3.63, 3.8) is 0 Å². The summed E-state index contributed by atoms with van der Waals surface area (Å²) in [6, 6.07) is 7.90. The fraction of sp³-hybridized carbons (Fsp3) is 0.500. The molecular formula is C16H20N2O2. The SMILES string of the molecule is Cc1ccc(N2CCC(=O)NC(C)(C3CC3)C2=O)cc1. The van der Waals surface area contributed by atoms with Gasteiger partial charge in [0.05, 0.1) is 0 Å². The van der Waals surface area contributed by atoms with Crippen molar-refractivity contribution in [2.75, 3.05) is 11.4 Å². The van der Waals surface area contributed by atoms with Gasteiger partial charge in [0.25, 0.3) is 5.91 Å². The van der Waals surface area contributed by atoms with E-state index in [1.807, 2.05) is 38.1 Å². The molecule has 0 radical (unpaired) electrons. The van der Waals surface area contributed by atoms with Crippen molar-refractivity contribution < 1.29 is 9.59 Å². The summed E-state index contributed by atoms with van der Waals surface area (Å²) in [5, 5.41) is 2.95. The summed E-state index contributed by atoms with van der Waals surface area (Å²) < 4.78 is 0. The first-order valence-electron chi connectivity index (χ1n) is 7.20. The molecule has 4 nitrogen and oxygen atoms in total. The monoisotopic (exact) mass is 272 g/mol. The maximum absolute atomic E-state index is 12.9. The number of hydrogen-bond acceptors (Lipinski definition) is 2. The molecule has 0 bridgehead atoms. The zero-order valence-corrected chi connectivity index (χ0v) is 12.0. The van der Waals surface area contributed by atoms with Crippen LogP contribution in [0.2, 0.25) is 0 Å². The van der Waals surface area contributed by atoms with E-state index < -0.39 is 5.54 Å². The average molecular weight is 272 g/mol. The van der Waals surface area contributed by atoms with Crippen LogP contribution in [0.15, 0.2) is 24.3 Å². The molecule has 1 aromatic carbocycles. The van der Waals surface area contributed by atoms with Crippen LogP contribution in [0.25, 0.3) is 0 Å². The second kappa shape index (κ2) is 4.62. The fourth-order valence-corrected chi connectivity index (χ4v) is 2.91. The van der Waals surface area contributed by atoms with Crippen LogP contribution in [0.3, 0.4) is 0 Å². The Hall–Kier alpha value is -1.84. The smallest absolute Gasteiger partial charge is 0.252 e. The van der Waals surface area contributed by atoms with Gasteiger partial charge in [0.2, 0.25) is 5.91 Å². The van der Waals surface area contributed by atoms with E-state index in [1.54, 1.807) is 4.90 Å². The van der Waals surface area contributed by atoms with Gasteiger partial charge in [-0.05, 0) is 44.7 Å². The third-order valence-electron chi connectivity index (χ3n) is 4.39. The molecule has 106 valence electrons. The van der Waals surface area contributed by atoms with Crippen molar-refractivity contribution in [2.24, 2.45) is 5.92 Å². The molecule has 1 aromatic rings. The number of carbonyl (C=O) groups is 2. The lowest BCUT2D eigenvalue weighted by molar-refractivity contribution is -0.130.